The first-order valence-electron chi connectivity index (χ1n) is 6.37. The Bertz CT molecular complexity index is 389. The molecule has 1 fully saturated rings. The highest BCUT2D eigenvalue weighted by molar-refractivity contribution is 5.55. The number of hydrogen-bond acceptors (Lipinski definition) is 4. The van der Waals surface area contributed by atoms with Gasteiger partial charge in [-0.1, -0.05) is 0 Å². The number of hydrogen-bond donors (Lipinski definition) is 1. The molecular formula is C14H21NO3. The normalized spacial score (nSPS) is 22.2. The smallest absolute Gasteiger partial charge is 0.163 e. The van der Waals surface area contributed by atoms with Crippen LogP contribution in [0.3, 0.4) is 0 Å². The summed E-state index contributed by atoms with van der Waals surface area (Å²) >= 11 is 0. The number of methoxy groups -OCH3 is 2. The summed E-state index contributed by atoms with van der Waals surface area (Å²) in [6.07, 6.45) is 2.53. The van der Waals surface area contributed by atoms with Gasteiger partial charge in [0.05, 0.1) is 19.8 Å². The van der Waals surface area contributed by atoms with Crippen molar-refractivity contribution in [3.05, 3.63) is 18.2 Å². The number of rotatable bonds is 6. The third-order valence-corrected chi connectivity index (χ3v) is 3.26. The lowest BCUT2D eigenvalue weighted by molar-refractivity contribution is 0.0328. The van der Waals surface area contributed by atoms with E-state index < -0.39 is 0 Å². The first kappa shape index (κ1) is 13.0. The minimum absolute atomic E-state index is 0.409. The SMILES string of the molecule is CCOc1cc(NC2CC(OC)C2)ccc1OC. The third-order valence-electron chi connectivity index (χ3n) is 3.26. The van der Waals surface area contributed by atoms with Crippen LogP contribution >= 0.6 is 0 Å². The highest BCUT2D eigenvalue weighted by Crippen LogP contribution is 2.32. The van der Waals surface area contributed by atoms with Crippen molar-refractivity contribution >= 4 is 5.69 Å². The number of benzene rings is 1. The standard InChI is InChI=1S/C14H21NO3/c1-4-18-14-9-10(5-6-13(14)17-3)15-11-7-12(8-11)16-2/h5-6,9,11-12,15H,4,7-8H2,1-3H3. The largest absolute Gasteiger partial charge is 0.493 e. The van der Waals surface area contributed by atoms with Crippen molar-refractivity contribution in [2.45, 2.75) is 31.9 Å². The Balaban J connectivity index is 1.98. The molecule has 2 rings (SSSR count). The zero-order valence-electron chi connectivity index (χ0n) is 11.2. The first-order chi connectivity index (χ1) is 8.76. The maximum Gasteiger partial charge on any atom is 0.163 e. The molecule has 1 aromatic rings. The van der Waals surface area contributed by atoms with Gasteiger partial charge >= 0.3 is 0 Å². The molecule has 1 aliphatic carbocycles. The minimum atomic E-state index is 0.409. The molecule has 4 heteroatoms. The summed E-state index contributed by atoms with van der Waals surface area (Å²) in [5.41, 5.74) is 1.07. The van der Waals surface area contributed by atoms with Gasteiger partial charge in [-0.05, 0) is 31.9 Å². The Morgan fingerprint density at radius 3 is 2.61 bits per heavy atom. The molecule has 0 aliphatic heterocycles. The topological polar surface area (TPSA) is 39.7 Å². The molecule has 1 aromatic carbocycles. The molecule has 1 aliphatic rings. The van der Waals surface area contributed by atoms with E-state index in [1.807, 2.05) is 25.1 Å². The number of ether oxygens (including phenoxy) is 3. The highest BCUT2D eigenvalue weighted by Gasteiger charge is 2.28. The van der Waals surface area contributed by atoms with Crippen molar-refractivity contribution in [2.24, 2.45) is 0 Å². The summed E-state index contributed by atoms with van der Waals surface area (Å²) in [7, 11) is 3.42. The van der Waals surface area contributed by atoms with Crippen LogP contribution in [0.2, 0.25) is 0 Å². The van der Waals surface area contributed by atoms with Gasteiger partial charge in [-0.2, -0.15) is 0 Å². The molecule has 0 spiro atoms. The zero-order chi connectivity index (χ0) is 13.0. The van der Waals surface area contributed by atoms with Gasteiger partial charge in [0.2, 0.25) is 0 Å². The van der Waals surface area contributed by atoms with Crippen molar-refractivity contribution in [3.63, 3.8) is 0 Å². The van der Waals surface area contributed by atoms with E-state index in [4.69, 9.17) is 14.2 Å². The van der Waals surface area contributed by atoms with Crippen molar-refractivity contribution in [1.29, 1.82) is 0 Å². The van der Waals surface area contributed by atoms with Crippen LogP contribution in [0.4, 0.5) is 5.69 Å². The minimum Gasteiger partial charge on any atom is -0.493 e. The summed E-state index contributed by atoms with van der Waals surface area (Å²) in [4.78, 5) is 0. The molecule has 0 unspecified atom stereocenters. The Hall–Kier alpha value is -1.42. The molecule has 0 radical (unpaired) electrons. The summed E-state index contributed by atoms with van der Waals surface area (Å²) < 4.78 is 16.1. The molecule has 0 saturated heterocycles. The number of nitrogens with one attached hydrogen (secondary N) is 1. The quantitative estimate of drug-likeness (QED) is 0.843. The van der Waals surface area contributed by atoms with Gasteiger partial charge in [-0.25, -0.2) is 0 Å². The Morgan fingerprint density at radius 2 is 2.00 bits per heavy atom. The van der Waals surface area contributed by atoms with Gasteiger partial charge in [0.15, 0.2) is 11.5 Å². The van der Waals surface area contributed by atoms with Gasteiger partial charge in [0, 0.05) is 24.9 Å². The van der Waals surface area contributed by atoms with Crippen molar-refractivity contribution in [3.8, 4) is 11.5 Å². The van der Waals surface area contributed by atoms with Crippen LogP contribution in [0, 0.1) is 0 Å². The van der Waals surface area contributed by atoms with E-state index in [0.29, 0.717) is 18.8 Å². The van der Waals surface area contributed by atoms with E-state index in [2.05, 4.69) is 5.32 Å². The highest BCUT2D eigenvalue weighted by atomic mass is 16.5. The van der Waals surface area contributed by atoms with Crippen LogP contribution in [-0.4, -0.2) is 33.0 Å². The molecule has 0 amide bonds. The van der Waals surface area contributed by atoms with Gasteiger partial charge in [-0.15, -0.1) is 0 Å². The Labute approximate surface area is 108 Å². The second kappa shape index (κ2) is 5.96. The molecule has 18 heavy (non-hydrogen) atoms. The lowest BCUT2D eigenvalue weighted by atomic mass is 9.89. The number of anilines is 1. The monoisotopic (exact) mass is 251 g/mol. The lowest BCUT2D eigenvalue weighted by Crippen LogP contribution is -2.40. The summed E-state index contributed by atoms with van der Waals surface area (Å²) in [5.74, 6) is 1.55. The van der Waals surface area contributed by atoms with Crippen LogP contribution in [0.5, 0.6) is 11.5 Å². The van der Waals surface area contributed by atoms with Gasteiger partial charge in [-0.3, -0.25) is 0 Å². The first-order valence-corrected chi connectivity index (χ1v) is 6.37. The fourth-order valence-electron chi connectivity index (χ4n) is 2.15. The molecule has 1 N–H and O–H groups in total. The second-order valence-electron chi connectivity index (χ2n) is 4.47. The van der Waals surface area contributed by atoms with Crippen molar-refractivity contribution in [2.75, 3.05) is 26.1 Å². The average molecular weight is 251 g/mol. The van der Waals surface area contributed by atoms with Gasteiger partial charge in [0.25, 0.3) is 0 Å². The van der Waals surface area contributed by atoms with Crippen LogP contribution in [-0.2, 0) is 4.74 Å². The van der Waals surface area contributed by atoms with E-state index in [1.54, 1.807) is 14.2 Å². The van der Waals surface area contributed by atoms with E-state index in [1.165, 1.54) is 0 Å². The zero-order valence-corrected chi connectivity index (χ0v) is 11.2. The van der Waals surface area contributed by atoms with Crippen LogP contribution < -0.4 is 14.8 Å². The van der Waals surface area contributed by atoms with E-state index in [9.17, 15) is 0 Å². The summed E-state index contributed by atoms with van der Waals surface area (Å²) in [5, 5.41) is 3.48. The average Bonchev–Trinajstić information content (AvgIpc) is 2.34. The van der Waals surface area contributed by atoms with E-state index in [0.717, 1.165) is 30.0 Å². The molecule has 100 valence electrons. The molecule has 4 nitrogen and oxygen atoms in total. The maximum atomic E-state index is 5.55. The Morgan fingerprint density at radius 1 is 1.22 bits per heavy atom. The van der Waals surface area contributed by atoms with Gasteiger partial charge < -0.3 is 19.5 Å². The van der Waals surface area contributed by atoms with Crippen LogP contribution in [0.1, 0.15) is 19.8 Å². The lowest BCUT2D eigenvalue weighted by Gasteiger charge is -2.35. The molecular weight excluding hydrogens is 230 g/mol. The third kappa shape index (κ3) is 2.88. The van der Waals surface area contributed by atoms with Crippen LogP contribution in [0.15, 0.2) is 18.2 Å². The van der Waals surface area contributed by atoms with Crippen LogP contribution in [0.25, 0.3) is 0 Å². The Kier molecular flexibility index (Phi) is 4.31. The summed E-state index contributed by atoms with van der Waals surface area (Å²) in [6.45, 7) is 2.60. The maximum absolute atomic E-state index is 5.55. The fraction of sp³-hybridized carbons (Fsp3) is 0.571. The molecule has 0 heterocycles. The van der Waals surface area contributed by atoms with Gasteiger partial charge in [0.1, 0.15) is 0 Å². The fourth-order valence-corrected chi connectivity index (χ4v) is 2.15. The predicted octanol–water partition coefficient (Wildman–Crippen LogP) is 2.68. The van der Waals surface area contributed by atoms with E-state index in [-0.39, 0.29) is 0 Å². The molecule has 0 bridgehead atoms. The molecule has 0 atom stereocenters. The summed E-state index contributed by atoms with van der Waals surface area (Å²) in [6, 6.07) is 6.43. The second-order valence-corrected chi connectivity index (χ2v) is 4.47. The predicted molar refractivity (Wildman–Crippen MR) is 71.6 cm³/mol. The molecule has 1 saturated carbocycles. The van der Waals surface area contributed by atoms with E-state index >= 15 is 0 Å². The molecule has 0 aromatic heterocycles. The van der Waals surface area contributed by atoms with Crippen molar-refractivity contribution in [1.82, 2.24) is 0 Å². The van der Waals surface area contributed by atoms with Crippen molar-refractivity contribution < 1.29 is 14.2 Å².